The van der Waals surface area contributed by atoms with Crippen LogP contribution < -0.4 is 26.2 Å². The maximum Gasteiger partial charge on any atom is 0.352 e. The Morgan fingerprint density at radius 1 is 1.25 bits per heavy atom. The summed E-state index contributed by atoms with van der Waals surface area (Å²) >= 11 is 2.47. The first-order valence-electron chi connectivity index (χ1n) is 15.1. The van der Waals surface area contributed by atoms with Crippen molar-refractivity contribution in [3.63, 3.8) is 0 Å². The molecule has 2 aromatic rings. The van der Waals surface area contributed by atoms with E-state index in [0.717, 1.165) is 29.9 Å². The number of benzene rings is 1. The summed E-state index contributed by atoms with van der Waals surface area (Å²) in [7, 11) is 0. The highest BCUT2D eigenvalue weighted by molar-refractivity contribution is 8.00. The lowest BCUT2D eigenvalue weighted by Gasteiger charge is -2.49. The second-order valence-corrected chi connectivity index (χ2v) is 13.2. The van der Waals surface area contributed by atoms with Crippen LogP contribution in [0, 0.1) is 5.82 Å². The molecule has 2 fully saturated rings. The number of hydrogen-bond acceptors (Lipinski definition) is 14. The lowest BCUT2D eigenvalue weighted by molar-refractivity contribution is -0.150. The van der Waals surface area contributed by atoms with Crippen molar-refractivity contribution < 1.29 is 38.2 Å². The molecule has 2 amide bonds. The van der Waals surface area contributed by atoms with Gasteiger partial charge in [-0.1, -0.05) is 5.16 Å². The zero-order chi connectivity index (χ0) is 33.9. The van der Waals surface area contributed by atoms with E-state index in [4.69, 9.17) is 15.3 Å². The van der Waals surface area contributed by atoms with E-state index in [-0.39, 0.29) is 42.5 Å². The van der Waals surface area contributed by atoms with Gasteiger partial charge in [-0.3, -0.25) is 14.5 Å². The molecule has 1 aromatic heterocycles. The number of oxime groups is 1. The number of nitrogens with one attached hydrogen (secondary N) is 2. The number of carboxylic acid groups (broad SMARTS) is 1. The van der Waals surface area contributed by atoms with Gasteiger partial charge in [0.25, 0.3) is 11.8 Å². The number of aliphatic carboxylic acids is 1. The van der Waals surface area contributed by atoms with Crippen molar-refractivity contribution in [2.75, 3.05) is 60.6 Å². The van der Waals surface area contributed by atoms with Crippen molar-refractivity contribution in [1.29, 1.82) is 0 Å². The van der Waals surface area contributed by atoms with Gasteiger partial charge in [0, 0.05) is 67.7 Å². The highest BCUT2D eigenvalue weighted by Gasteiger charge is 2.54. The van der Waals surface area contributed by atoms with Gasteiger partial charge in [-0.15, -0.1) is 23.1 Å². The average molecular weight is 701 g/mol. The Hall–Kier alpha value is -4.68. The monoisotopic (exact) mass is 700 g/mol. The Kier molecular flexibility index (Phi) is 9.83. The third kappa shape index (κ3) is 6.81. The molecule has 48 heavy (non-hydrogen) atoms. The number of amides is 2. The Labute approximate surface area is 282 Å². The standard InChI is InChI=1S/C30H33FN8O7S2/c1-2-37-11-17(7-16-8-20(31)22(9-21(16)37)38-5-3-33-4-6-38)29(44)45-12-18-14-47-27-24(26(41)39(27)25(18)28(42)43)36-23(40)10-34-46-13-19-15-48-30(32)35-19/h8-11,15,24,27,33H,2-7,12-14H2,1H3,(H2,32,35)(H,36,40)(H,42,43)/b34-10-/t24-,27-/m1/s1. The number of carbonyl (C=O) groups excluding carboxylic acids is 3. The minimum absolute atomic E-state index is 0.00411. The molecule has 0 saturated carbocycles. The van der Waals surface area contributed by atoms with E-state index in [1.165, 1.54) is 29.2 Å². The lowest BCUT2D eigenvalue weighted by atomic mass is 9.98. The van der Waals surface area contributed by atoms with Crippen molar-refractivity contribution in [2.24, 2.45) is 5.16 Å². The Bertz CT molecular complexity index is 1720. The highest BCUT2D eigenvalue weighted by Crippen LogP contribution is 2.41. The summed E-state index contributed by atoms with van der Waals surface area (Å²) in [6.07, 6.45) is 2.69. The molecule has 0 aliphatic carbocycles. The number of ether oxygens (including phenoxy) is 1. The molecule has 5 heterocycles. The largest absolute Gasteiger partial charge is 0.477 e. The zero-order valence-corrected chi connectivity index (χ0v) is 27.4. The maximum atomic E-state index is 15.2. The number of aromatic nitrogens is 1. The molecule has 4 aliphatic rings. The number of hydrogen-bond donors (Lipinski definition) is 4. The Morgan fingerprint density at radius 2 is 2.04 bits per heavy atom. The van der Waals surface area contributed by atoms with Gasteiger partial charge in [0.15, 0.2) is 11.7 Å². The van der Waals surface area contributed by atoms with E-state index >= 15 is 4.39 Å². The third-order valence-corrected chi connectivity index (χ3v) is 10.2. The fourth-order valence-corrected chi connectivity index (χ4v) is 7.73. The van der Waals surface area contributed by atoms with Crippen molar-refractivity contribution in [3.05, 3.63) is 57.6 Å². The van der Waals surface area contributed by atoms with Gasteiger partial charge < -0.3 is 40.8 Å². The number of carboxylic acids is 1. The number of fused-ring (bicyclic) bond motifs is 2. The summed E-state index contributed by atoms with van der Waals surface area (Å²) in [6.45, 7) is 5.01. The van der Waals surface area contributed by atoms with Crippen LogP contribution in [-0.2, 0) is 41.8 Å². The van der Waals surface area contributed by atoms with Crippen molar-refractivity contribution >= 4 is 69.6 Å². The summed E-state index contributed by atoms with van der Waals surface area (Å²) in [5, 5.41) is 20.7. The first-order chi connectivity index (χ1) is 23.1. The molecule has 6 rings (SSSR count). The van der Waals surface area contributed by atoms with Crippen LogP contribution in [0.4, 0.5) is 20.9 Å². The third-order valence-electron chi connectivity index (χ3n) is 8.16. The normalized spacial score (nSPS) is 20.6. The van der Waals surface area contributed by atoms with Gasteiger partial charge in [-0.05, 0) is 24.6 Å². The first kappa shape index (κ1) is 33.2. The number of nitrogens with zero attached hydrogens (tertiary/aromatic N) is 5. The van der Waals surface area contributed by atoms with Crippen molar-refractivity contribution in [1.82, 2.24) is 20.5 Å². The molecule has 2 saturated heterocycles. The fraction of sp³-hybridized carbons (Fsp3) is 0.400. The first-order valence-corrected chi connectivity index (χ1v) is 17.1. The number of piperazine rings is 1. The van der Waals surface area contributed by atoms with Gasteiger partial charge in [-0.2, -0.15) is 0 Å². The number of thiazole rings is 1. The molecule has 0 radical (unpaired) electrons. The SMILES string of the molecule is CCN1C=C(C(=O)OCC2=C(C(=O)O)N3C(=O)[C@@H](NC(=O)/C=N\OCc4csc(N)n4)[C@H]3SC2)Cc2cc(F)c(N3CCNCC3)cc21. The molecule has 0 spiro atoms. The van der Waals surface area contributed by atoms with Gasteiger partial charge in [0.2, 0.25) is 0 Å². The van der Waals surface area contributed by atoms with Crippen LogP contribution >= 0.6 is 23.1 Å². The summed E-state index contributed by atoms with van der Waals surface area (Å²) < 4.78 is 20.8. The average Bonchev–Trinajstić information content (AvgIpc) is 3.51. The number of esters is 1. The smallest absolute Gasteiger partial charge is 0.352 e. The summed E-state index contributed by atoms with van der Waals surface area (Å²) in [5.41, 5.74) is 8.32. The predicted molar refractivity (Wildman–Crippen MR) is 177 cm³/mol. The molecule has 4 aliphatic heterocycles. The van der Waals surface area contributed by atoms with Crippen LogP contribution in [0.2, 0.25) is 0 Å². The maximum absolute atomic E-state index is 15.2. The lowest BCUT2D eigenvalue weighted by Crippen LogP contribution is -2.70. The van der Waals surface area contributed by atoms with E-state index in [0.29, 0.717) is 47.3 Å². The summed E-state index contributed by atoms with van der Waals surface area (Å²) in [5.74, 6) is -3.57. The van der Waals surface area contributed by atoms with Crippen LogP contribution in [0.5, 0.6) is 0 Å². The molecule has 0 unspecified atom stereocenters. The molecule has 18 heteroatoms. The van der Waals surface area contributed by atoms with Crippen molar-refractivity contribution in [2.45, 2.75) is 31.4 Å². The summed E-state index contributed by atoms with van der Waals surface area (Å²) in [4.78, 5) is 64.8. The molecule has 15 nitrogen and oxygen atoms in total. The van der Waals surface area contributed by atoms with Crippen LogP contribution in [0.3, 0.4) is 0 Å². The van der Waals surface area contributed by atoms with Crippen molar-refractivity contribution in [3.8, 4) is 0 Å². The highest BCUT2D eigenvalue weighted by atomic mass is 32.2. The second kappa shape index (κ2) is 14.2. The van der Waals surface area contributed by atoms with E-state index in [1.807, 2.05) is 22.8 Å². The topological polar surface area (TPSA) is 192 Å². The van der Waals surface area contributed by atoms with Crippen LogP contribution in [0.15, 0.2) is 45.7 Å². The van der Waals surface area contributed by atoms with Gasteiger partial charge in [-0.25, -0.2) is 19.0 Å². The van der Waals surface area contributed by atoms with E-state index in [9.17, 15) is 24.3 Å². The number of anilines is 3. The molecule has 5 N–H and O–H groups in total. The zero-order valence-electron chi connectivity index (χ0n) is 25.8. The number of halogens is 1. The second-order valence-electron chi connectivity index (χ2n) is 11.2. The molecule has 2 atom stereocenters. The van der Waals surface area contributed by atoms with Crippen LogP contribution in [0.1, 0.15) is 18.2 Å². The molecule has 1 aromatic carbocycles. The number of nitrogens with two attached hydrogens (primary N) is 1. The van der Waals surface area contributed by atoms with Crippen LogP contribution in [0.25, 0.3) is 0 Å². The van der Waals surface area contributed by atoms with Gasteiger partial charge in [0.1, 0.15) is 35.8 Å². The quantitative estimate of drug-likeness (QED) is 0.113. The predicted octanol–water partition coefficient (Wildman–Crippen LogP) is 1.02. The van der Waals surface area contributed by atoms with E-state index in [2.05, 4.69) is 20.8 Å². The minimum Gasteiger partial charge on any atom is -0.477 e. The Morgan fingerprint density at radius 3 is 2.75 bits per heavy atom. The molecule has 0 bridgehead atoms. The number of β-lactam (4-membered cyclic amide) rings is 1. The van der Waals surface area contributed by atoms with Gasteiger partial charge >= 0.3 is 11.9 Å². The molecule has 254 valence electrons. The Balaban J connectivity index is 1.07. The van der Waals surface area contributed by atoms with E-state index < -0.39 is 35.2 Å². The summed E-state index contributed by atoms with van der Waals surface area (Å²) in [6, 6.07) is 2.30. The van der Waals surface area contributed by atoms with E-state index in [1.54, 1.807) is 11.6 Å². The van der Waals surface area contributed by atoms with Crippen LogP contribution in [-0.4, -0.2) is 101 Å². The number of rotatable bonds is 11. The molecular formula is C30H33FN8O7S2. The number of carbonyl (C=O) groups is 4. The number of thioether (sulfide) groups is 1. The van der Waals surface area contributed by atoms with Gasteiger partial charge in [0.05, 0.1) is 17.0 Å². The number of nitrogen functional groups attached to an aromatic ring is 1. The minimum atomic E-state index is -1.36. The molecular weight excluding hydrogens is 668 g/mol. The fourth-order valence-electron chi connectivity index (χ4n) is 5.85.